The molecule has 1 rings (SSSR count). The molecule has 2 atom stereocenters. The van der Waals surface area contributed by atoms with Gasteiger partial charge in [-0.1, -0.05) is 26.7 Å². The van der Waals surface area contributed by atoms with Crippen molar-refractivity contribution in [3.8, 4) is 0 Å². The van der Waals surface area contributed by atoms with Crippen LogP contribution in [0.5, 0.6) is 0 Å². The molecule has 2 amide bonds. The van der Waals surface area contributed by atoms with Crippen molar-refractivity contribution in [1.29, 1.82) is 0 Å². The molecule has 0 aromatic rings. The van der Waals surface area contributed by atoms with Crippen molar-refractivity contribution in [3.05, 3.63) is 0 Å². The number of nitrogens with one attached hydrogen (secondary N) is 1. The Morgan fingerprint density at radius 1 is 1.33 bits per heavy atom. The van der Waals surface area contributed by atoms with E-state index in [2.05, 4.69) is 12.2 Å². The smallest absolute Gasteiger partial charge is 0.230 e. The molecule has 0 radical (unpaired) electrons. The quantitative estimate of drug-likeness (QED) is 0.643. The fourth-order valence-corrected chi connectivity index (χ4v) is 1.54. The monoisotopic (exact) mass is 169 g/mol. The Labute approximate surface area is 72.5 Å². The topological polar surface area (TPSA) is 46.2 Å². The van der Waals surface area contributed by atoms with Crippen LogP contribution >= 0.6 is 0 Å². The predicted molar refractivity (Wildman–Crippen MR) is 45.3 cm³/mol. The van der Waals surface area contributed by atoms with Crippen LogP contribution in [0, 0.1) is 11.8 Å². The van der Waals surface area contributed by atoms with E-state index in [0.717, 1.165) is 19.3 Å². The van der Waals surface area contributed by atoms with Crippen LogP contribution in [-0.4, -0.2) is 11.8 Å². The second-order valence-corrected chi connectivity index (χ2v) is 3.39. The number of carbonyl (C=O) groups excluding carboxylic acids is 2. The third-order valence-corrected chi connectivity index (χ3v) is 2.47. The second-order valence-electron chi connectivity index (χ2n) is 3.39. The molecule has 0 saturated carbocycles. The maximum atomic E-state index is 11.2. The number of amides is 2. The highest BCUT2D eigenvalue weighted by Crippen LogP contribution is 2.23. The molecule has 1 N–H and O–H groups in total. The lowest BCUT2D eigenvalue weighted by Crippen LogP contribution is -2.22. The second kappa shape index (κ2) is 3.70. The number of carbonyl (C=O) groups is 2. The molecule has 0 aliphatic carbocycles. The first-order valence-corrected chi connectivity index (χ1v) is 4.51. The summed E-state index contributed by atoms with van der Waals surface area (Å²) in [6.45, 7) is 3.90. The van der Waals surface area contributed by atoms with Gasteiger partial charge in [0.15, 0.2) is 0 Å². The van der Waals surface area contributed by atoms with Crippen LogP contribution in [0.25, 0.3) is 0 Å². The van der Waals surface area contributed by atoms with Crippen LogP contribution in [0.15, 0.2) is 0 Å². The van der Waals surface area contributed by atoms with Crippen LogP contribution in [-0.2, 0) is 9.59 Å². The maximum absolute atomic E-state index is 11.2. The Morgan fingerprint density at radius 2 is 2.00 bits per heavy atom. The average Bonchev–Trinajstić information content (AvgIpc) is 2.25. The minimum atomic E-state index is -0.121. The zero-order chi connectivity index (χ0) is 9.14. The lowest BCUT2D eigenvalue weighted by atomic mass is 9.92. The number of hydrogen-bond donors (Lipinski definition) is 1. The van der Waals surface area contributed by atoms with Crippen molar-refractivity contribution in [2.45, 2.75) is 33.1 Å². The van der Waals surface area contributed by atoms with Crippen molar-refractivity contribution < 1.29 is 9.59 Å². The van der Waals surface area contributed by atoms with Gasteiger partial charge in [0.1, 0.15) is 0 Å². The van der Waals surface area contributed by atoms with Crippen LogP contribution in [0.4, 0.5) is 0 Å². The molecule has 0 aromatic heterocycles. The van der Waals surface area contributed by atoms with Gasteiger partial charge in [-0.15, -0.1) is 0 Å². The summed E-state index contributed by atoms with van der Waals surface area (Å²) in [4.78, 5) is 22.2. The van der Waals surface area contributed by atoms with Crippen molar-refractivity contribution in [2.75, 3.05) is 0 Å². The molecule has 2 unspecified atom stereocenters. The summed E-state index contributed by atoms with van der Waals surface area (Å²) in [5.41, 5.74) is 0. The van der Waals surface area contributed by atoms with Crippen molar-refractivity contribution >= 4 is 11.8 Å². The summed E-state index contributed by atoms with van der Waals surface area (Å²) in [7, 11) is 0. The summed E-state index contributed by atoms with van der Waals surface area (Å²) in [5, 5.41) is 2.35. The van der Waals surface area contributed by atoms with Gasteiger partial charge in [-0.2, -0.15) is 0 Å². The first kappa shape index (κ1) is 9.23. The molecule has 1 fully saturated rings. The van der Waals surface area contributed by atoms with Gasteiger partial charge in [0, 0.05) is 11.8 Å². The molecular formula is C9H15NO2. The molecule has 0 aromatic carbocycles. The van der Waals surface area contributed by atoms with E-state index in [0.29, 0.717) is 0 Å². The lowest BCUT2D eigenvalue weighted by Gasteiger charge is -2.08. The summed E-state index contributed by atoms with van der Waals surface area (Å²) >= 11 is 0. The van der Waals surface area contributed by atoms with Gasteiger partial charge in [-0.05, 0) is 6.42 Å². The van der Waals surface area contributed by atoms with Crippen LogP contribution in [0.2, 0.25) is 0 Å². The summed E-state index contributed by atoms with van der Waals surface area (Å²) in [6, 6.07) is 0. The molecule has 3 nitrogen and oxygen atoms in total. The Kier molecular flexibility index (Phi) is 2.84. The van der Waals surface area contributed by atoms with Crippen molar-refractivity contribution in [1.82, 2.24) is 5.32 Å². The van der Waals surface area contributed by atoms with Crippen molar-refractivity contribution in [3.63, 3.8) is 0 Å². The lowest BCUT2D eigenvalue weighted by molar-refractivity contribution is -0.126. The number of unbranched alkanes of at least 4 members (excludes halogenated alkanes) is 1. The average molecular weight is 169 g/mol. The maximum Gasteiger partial charge on any atom is 0.230 e. The molecule has 1 aliphatic heterocycles. The summed E-state index contributed by atoms with van der Waals surface area (Å²) < 4.78 is 0. The van der Waals surface area contributed by atoms with Gasteiger partial charge in [-0.3, -0.25) is 14.9 Å². The molecule has 0 bridgehead atoms. The molecule has 0 spiro atoms. The summed E-state index contributed by atoms with van der Waals surface area (Å²) in [5.74, 6) is -0.386. The number of imide groups is 1. The van der Waals surface area contributed by atoms with E-state index < -0.39 is 0 Å². The van der Waals surface area contributed by atoms with Crippen LogP contribution in [0.3, 0.4) is 0 Å². The first-order valence-electron chi connectivity index (χ1n) is 4.51. The normalized spacial score (nSPS) is 29.2. The van der Waals surface area contributed by atoms with Gasteiger partial charge >= 0.3 is 0 Å². The molecule has 1 heterocycles. The molecule has 68 valence electrons. The van der Waals surface area contributed by atoms with Gasteiger partial charge in [-0.25, -0.2) is 0 Å². The Bertz CT molecular complexity index is 201. The van der Waals surface area contributed by atoms with Crippen LogP contribution in [0.1, 0.15) is 33.1 Å². The predicted octanol–water partition coefficient (Wildman–Crippen LogP) is 1.09. The fourth-order valence-electron chi connectivity index (χ4n) is 1.54. The van der Waals surface area contributed by atoms with Gasteiger partial charge in [0.25, 0.3) is 0 Å². The highest BCUT2D eigenvalue weighted by Gasteiger charge is 2.37. The fraction of sp³-hybridized carbons (Fsp3) is 0.778. The Morgan fingerprint density at radius 3 is 2.42 bits per heavy atom. The third kappa shape index (κ3) is 1.65. The van der Waals surface area contributed by atoms with E-state index in [1.54, 1.807) is 0 Å². The van der Waals surface area contributed by atoms with E-state index in [1.807, 2.05) is 6.92 Å². The molecule has 1 aliphatic rings. The first-order chi connectivity index (χ1) is 5.66. The van der Waals surface area contributed by atoms with E-state index in [-0.39, 0.29) is 23.7 Å². The zero-order valence-corrected chi connectivity index (χ0v) is 7.59. The molecule has 1 saturated heterocycles. The standard InChI is InChI=1S/C9H15NO2/c1-3-4-5-7-6(2)8(11)10-9(7)12/h6-7H,3-5H2,1-2H3,(H,10,11,12). The largest absolute Gasteiger partial charge is 0.296 e. The molecule has 12 heavy (non-hydrogen) atoms. The molecular weight excluding hydrogens is 154 g/mol. The SMILES string of the molecule is CCCCC1C(=O)NC(=O)C1C. The van der Waals surface area contributed by atoms with Gasteiger partial charge in [0.2, 0.25) is 11.8 Å². The van der Waals surface area contributed by atoms with E-state index in [9.17, 15) is 9.59 Å². The zero-order valence-electron chi connectivity index (χ0n) is 7.59. The molecule has 3 heteroatoms. The van der Waals surface area contributed by atoms with Gasteiger partial charge in [0.05, 0.1) is 0 Å². The highest BCUT2D eigenvalue weighted by molar-refractivity contribution is 6.04. The minimum Gasteiger partial charge on any atom is -0.296 e. The van der Waals surface area contributed by atoms with E-state index in [1.165, 1.54) is 0 Å². The van der Waals surface area contributed by atoms with E-state index >= 15 is 0 Å². The summed E-state index contributed by atoms with van der Waals surface area (Å²) in [6.07, 6.45) is 2.94. The minimum absolute atomic E-state index is 0.0718. The van der Waals surface area contributed by atoms with Gasteiger partial charge < -0.3 is 0 Å². The number of hydrogen-bond acceptors (Lipinski definition) is 2. The van der Waals surface area contributed by atoms with Crippen molar-refractivity contribution in [2.24, 2.45) is 11.8 Å². The van der Waals surface area contributed by atoms with Crippen LogP contribution < -0.4 is 5.32 Å². The Balaban J connectivity index is 2.51. The Hall–Kier alpha value is -0.860. The van der Waals surface area contributed by atoms with E-state index in [4.69, 9.17) is 0 Å². The number of rotatable bonds is 3. The highest BCUT2D eigenvalue weighted by atomic mass is 16.2. The third-order valence-electron chi connectivity index (χ3n) is 2.47.